The first-order valence-corrected chi connectivity index (χ1v) is 4.10. The summed E-state index contributed by atoms with van der Waals surface area (Å²) >= 11 is 0. The van der Waals surface area contributed by atoms with Crippen LogP contribution in [0, 0.1) is 6.92 Å². The Morgan fingerprint density at radius 3 is 3.15 bits per heavy atom. The zero-order valence-electron chi connectivity index (χ0n) is 7.69. The first-order chi connectivity index (χ1) is 6.33. The molecule has 0 aromatic carbocycles. The molecule has 0 bridgehead atoms. The van der Waals surface area contributed by atoms with Crippen LogP contribution in [-0.4, -0.2) is 21.5 Å². The van der Waals surface area contributed by atoms with Crippen LogP contribution in [0.25, 0.3) is 5.78 Å². The SMILES string of the molecule is COCc1c(C)nc2ncccn12. The largest absolute Gasteiger partial charge is 0.378 e. The molecule has 2 rings (SSSR count). The number of fused-ring (bicyclic) bond motifs is 1. The third-order valence-electron chi connectivity index (χ3n) is 1.98. The average molecular weight is 177 g/mol. The molecule has 0 fully saturated rings. The Morgan fingerprint density at radius 2 is 2.38 bits per heavy atom. The molecular weight excluding hydrogens is 166 g/mol. The van der Waals surface area contributed by atoms with E-state index in [1.165, 1.54) is 0 Å². The maximum absolute atomic E-state index is 5.09. The van der Waals surface area contributed by atoms with Gasteiger partial charge in [-0.1, -0.05) is 0 Å². The van der Waals surface area contributed by atoms with E-state index >= 15 is 0 Å². The predicted molar refractivity (Wildman–Crippen MR) is 48.4 cm³/mol. The van der Waals surface area contributed by atoms with Crippen LogP contribution in [0.15, 0.2) is 18.5 Å². The highest BCUT2D eigenvalue weighted by molar-refractivity contribution is 5.34. The van der Waals surface area contributed by atoms with Gasteiger partial charge in [-0.3, -0.25) is 4.40 Å². The Morgan fingerprint density at radius 1 is 1.54 bits per heavy atom. The zero-order chi connectivity index (χ0) is 9.26. The molecule has 0 aliphatic heterocycles. The van der Waals surface area contributed by atoms with Crippen molar-refractivity contribution in [3.8, 4) is 0 Å². The molecule has 0 saturated heterocycles. The number of nitrogens with zero attached hydrogens (tertiary/aromatic N) is 3. The number of hydrogen-bond donors (Lipinski definition) is 0. The monoisotopic (exact) mass is 177 g/mol. The van der Waals surface area contributed by atoms with Gasteiger partial charge in [0.15, 0.2) is 0 Å². The number of imidazole rings is 1. The van der Waals surface area contributed by atoms with Crippen molar-refractivity contribution in [1.82, 2.24) is 14.4 Å². The van der Waals surface area contributed by atoms with Gasteiger partial charge in [0.1, 0.15) is 0 Å². The van der Waals surface area contributed by atoms with Crippen molar-refractivity contribution >= 4 is 5.78 Å². The number of aromatic nitrogens is 3. The molecule has 0 N–H and O–H groups in total. The van der Waals surface area contributed by atoms with Gasteiger partial charge in [-0.25, -0.2) is 9.97 Å². The number of ether oxygens (including phenoxy) is 1. The van der Waals surface area contributed by atoms with Crippen molar-refractivity contribution in [2.45, 2.75) is 13.5 Å². The van der Waals surface area contributed by atoms with Crippen molar-refractivity contribution in [2.24, 2.45) is 0 Å². The molecule has 2 aromatic heterocycles. The van der Waals surface area contributed by atoms with Gasteiger partial charge in [-0.2, -0.15) is 0 Å². The lowest BCUT2D eigenvalue weighted by molar-refractivity contribution is 0.180. The number of methoxy groups -OCH3 is 1. The second-order valence-electron chi connectivity index (χ2n) is 2.87. The molecule has 0 radical (unpaired) electrons. The third-order valence-corrected chi connectivity index (χ3v) is 1.98. The van der Waals surface area contributed by atoms with Gasteiger partial charge in [0.05, 0.1) is 18.0 Å². The molecular formula is C9H11N3O. The van der Waals surface area contributed by atoms with Crippen LogP contribution in [-0.2, 0) is 11.3 Å². The minimum absolute atomic E-state index is 0.568. The van der Waals surface area contributed by atoms with Gasteiger partial charge < -0.3 is 4.74 Å². The minimum Gasteiger partial charge on any atom is -0.378 e. The smallest absolute Gasteiger partial charge is 0.234 e. The van der Waals surface area contributed by atoms with E-state index in [2.05, 4.69) is 9.97 Å². The summed E-state index contributed by atoms with van der Waals surface area (Å²) in [5, 5.41) is 0. The normalized spacial score (nSPS) is 10.9. The molecule has 0 spiro atoms. The summed E-state index contributed by atoms with van der Waals surface area (Å²) in [7, 11) is 1.68. The van der Waals surface area contributed by atoms with E-state index < -0.39 is 0 Å². The lowest BCUT2D eigenvalue weighted by atomic mass is 10.3. The molecule has 0 saturated carbocycles. The molecule has 0 atom stereocenters. The molecule has 0 unspecified atom stereocenters. The van der Waals surface area contributed by atoms with Crippen molar-refractivity contribution in [3.05, 3.63) is 29.8 Å². The van der Waals surface area contributed by atoms with Gasteiger partial charge in [-0.15, -0.1) is 0 Å². The van der Waals surface area contributed by atoms with Crippen LogP contribution >= 0.6 is 0 Å². The Labute approximate surface area is 76.2 Å². The lowest BCUT2D eigenvalue weighted by Crippen LogP contribution is -1.96. The van der Waals surface area contributed by atoms with Crippen LogP contribution in [0.1, 0.15) is 11.4 Å². The number of rotatable bonds is 2. The van der Waals surface area contributed by atoms with Gasteiger partial charge in [-0.05, 0) is 13.0 Å². The summed E-state index contributed by atoms with van der Waals surface area (Å²) in [4.78, 5) is 8.44. The molecule has 0 aliphatic rings. The zero-order valence-corrected chi connectivity index (χ0v) is 7.69. The molecule has 2 heterocycles. The topological polar surface area (TPSA) is 39.4 Å². The maximum atomic E-state index is 5.09. The lowest BCUT2D eigenvalue weighted by Gasteiger charge is -1.99. The van der Waals surface area contributed by atoms with Crippen LogP contribution in [0.3, 0.4) is 0 Å². The highest BCUT2D eigenvalue weighted by Gasteiger charge is 2.07. The summed E-state index contributed by atoms with van der Waals surface area (Å²) < 4.78 is 7.03. The summed E-state index contributed by atoms with van der Waals surface area (Å²) in [5.74, 6) is 0.729. The number of aryl methyl sites for hydroxylation is 1. The molecule has 13 heavy (non-hydrogen) atoms. The van der Waals surface area contributed by atoms with Gasteiger partial charge in [0, 0.05) is 19.5 Å². The van der Waals surface area contributed by atoms with Crippen LogP contribution in [0.5, 0.6) is 0 Å². The molecule has 4 heteroatoms. The fourth-order valence-corrected chi connectivity index (χ4v) is 1.36. The molecule has 0 amide bonds. The fraction of sp³-hybridized carbons (Fsp3) is 0.333. The van der Waals surface area contributed by atoms with E-state index in [9.17, 15) is 0 Å². The quantitative estimate of drug-likeness (QED) is 0.691. The number of hydrogen-bond acceptors (Lipinski definition) is 3. The van der Waals surface area contributed by atoms with E-state index in [0.717, 1.165) is 17.2 Å². The highest BCUT2D eigenvalue weighted by Crippen LogP contribution is 2.10. The van der Waals surface area contributed by atoms with Crippen molar-refractivity contribution in [3.63, 3.8) is 0 Å². The van der Waals surface area contributed by atoms with Crippen LogP contribution in [0.2, 0.25) is 0 Å². The summed E-state index contributed by atoms with van der Waals surface area (Å²) in [6, 6.07) is 1.88. The summed E-state index contributed by atoms with van der Waals surface area (Å²) in [6.07, 6.45) is 3.68. The third kappa shape index (κ3) is 1.29. The van der Waals surface area contributed by atoms with Crippen molar-refractivity contribution < 1.29 is 4.74 Å². The average Bonchev–Trinajstić information content (AvgIpc) is 2.44. The Kier molecular flexibility index (Phi) is 1.98. The van der Waals surface area contributed by atoms with Gasteiger partial charge >= 0.3 is 0 Å². The van der Waals surface area contributed by atoms with E-state index in [4.69, 9.17) is 4.74 Å². The second kappa shape index (κ2) is 3.14. The molecule has 0 aliphatic carbocycles. The van der Waals surface area contributed by atoms with Gasteiger partial charge in [0.25, 0.3) is 0 Å². The van der Waals surface area contributed by atoms with Crippen molar-refractivity contribution in [2.75, 3.05) is 7.11 Å². The minimum atomic E-state index is 0.568. The molecule has 2 aromatic rings. The molecule has 4 nitrogen and oxygen atoms in total. The molecule has 68 valence electrons. The summed E-state index contributed by atoms with van der Waals surface area (Å²) in [5.41, 5.74) is 2.03. The Balaban J connectivity index is 2.64. The van der Waals surface area contributed by atoms with E-state index in [0.29, 0.717) is 6.61 Å². The highest BCUT2D eigenvalue weighted by atomic mass is 16.5. The van der Waals surface area contributed by atoms with Crippen LogP contribution < -0.4 is 0 Å². The Bertz CT molecular complexity index is 422. The van der Waals surface area contributed by atoms with E-state index in [-0.39, 0.29) is 0 Å². The standard InChI is InChI=1S/C9H11N3O/c1-7-8(6-13-2)12-5-3-4-10-9(12)11-7/h3-5H,6H2,1-2H3. The summed E-state index contributed by atoms with van der Waals surface area (Å²) in [6.45, 7) is 2.53. The maximum Gasteiger partial charge on any atom is 0.234 e. The van der Waals surface area contributed by atoms with Crippen molar-refractivity contribution in [1.29, 1.82) is 0 Å². The first-order valence-electron chi connectivity index (χ1n) is 4.10. The second-order valence-corrected chi connectivity index (χ2v) is 2.87. The Hall–Kier alpha value is -1.42. The van der Waals surface area contributed by atoms with E-state index in [1.807, 2.05) is 23.6 Å². The predicted octanol–water partition coefficient (Wildman–Crippen LogP) is 1.18. The fourth-order valence-electron chi connectivity index (χ4n) is 1.36. The first kappa shape index (κ1) is 8.19. The van der Waals surface area contributed by atoms with E-state index in [1.54, 1.807) is 13.3 Å². The van der Waals surface area contributed by atoms with Crippen LogP contribution in [0.4, 0.5) is 0 Å². The van der Waals surface area contributed by atoms with Gasteiger partial charge in [0.2, 0.25) is 5.78 Å².